The maximum Gasteiger partial charge on any atom is 0.261 e. The van der Waals surface area contributed by atoms with E-state index in [1.807, 2.05) is 0 Å². The average molecular weight is 399 g/mol. The first kappa shape index (κ1) is 16.1. The molecule has 0 radical (unpaired) electrons. The summed E-state index contributed by atoms with van der Waals surface area (Å²) >= 11 is 3.24. The normalized spacial score (nSPS) is 13.8. The zero-order valence-corrected chi connectivity index (χ0v) is 14.8. The Morgan fingerprint density at radius 3 is 2.87 bits per heavy atom. The van der Waals surface area contributed by atoms with E-state index in [0.717, 1.165) is 24.2 Å². The SMILES string of the molecule is COc1ccc(NS(=O)(=O)c2ccc3c(c2)CCCO3)c(Br)n1. The van der Waals surface area contributed by atoms with Gasteiger partial charge in [-0.05, 0) is 58.6 Å². The third-order valence-corrected chi connectivity index (χ3v) is 5.43. The number of halogens is 1. The molecule has 1 aromatic heterocycles. The van der Waals surface area contributed by atoms with Gasteiger partial charge in [0.2, 0.25) is 5.88 Å². The van der Waals surface area contributed by atoms with Crippen LogP contribution in [0, 0.1) is 0 Å². The summed E-state index contributed by atoms with van der Waals surface area (Å²) in [5, 5.41) is 0. The smallest absolute Gasteiger partial charge is 0.261 e. The van der Waals surface area contributed by atoms with Crippen LogP contribution in [-0.4, -0.2) is 27.1 Å². The van der Waals surface area contributed by atoms with Gasteiger partial charge in [0.15, 0.2) is 0 Å². The van der Waals surface area contributed by atoms with Crippen LogP contribution in [0.3, 0.4) is 0 Å². The molecule has 1 aromatic carbocycles. The van der Waals surface area contributed by atoms with Crippen LogP contribution in [0.5, 0.6) is 11.6 Å². The summed E-state index contributed by atoms with van der Waals surface area (Å²) in [4.78, 5) is 4.29. The predicted molar refractivity (Wildman–Crippen MR) is 89.6 cm³/mol. The lowest BCUT2D eigenvalue weighted by atomic mass is 10.1. The van der Waals surface area contributed by atoms with Crippen molar-refractivity contribution in [1.29, 1.82) is 0 Å². The van der Waals surface area contributed by atoms with Gasteiger partial charge in [0.25, 0.3) is 10.0 Å². The molecule has 2 heterocycles. The van der Waals surface area contributed by atoms with E-state index in [1.54, 1.807) is 24.3 Å². The molecule has 6 nitrogen and oxygen atoms in total. The van der Waals surface area contributed by atoms with Crippen molar-refractivity contribution in [2.24, 2.45) is 0 Å². The highest BCUT2D eigenvalue weighted by Gasteiger charge is 2.19. The van der Waals surface area contributed by atoms with Crippen LogP contribution in [0.1, 0.15) is 12.0 Å². The second kappa shape index (κ2) is 6.37. The van der Waals surface area contributed by atoms with Gasteiger partial charge in [-0.2, -0.15) is 0 Å². The number of hydrogen-bond acceptors (Lipinski definition) is 5. The number of anilines is 1. The fourth-order valence-electron chi connectivity index (χ4n) is 2.32. The summed E-state index contributed by atoms with van der Waals surface area (Å²) in [5.74, 6) is 1.15. The zero-order chi connectivity index (χ0) is 16.4. The molecule has 0 saturated carbocycles. The second-order valence-electron chi connectivity index (χ2n) is 5.02. The summed E-state index contributed by atoms with van der Waals surface area (Å²) in [7, 11) is -2.21. The highest BCUT2D eigenvalue weighted by molar-refractivity contribution is 9.10. The number of rotatable bonds is 4. The largest absolute Gasteiger partial charge is 0.493 e. The van der Waals surface area contributed by atoms with E-state index in [0.29, 0.717) is 22.8 Å². The van der Waals surface area contributed by atoms with Crippen LogP contribution in [0.25, 0.3) is 0 Å². The number of aromatic nitrogens is 1. The third-order valence-electron chi connectivity index (χ3n) is 3.47. The van der Waals surface area contributed by atoms with Crippen molar-refractivity contribution in [1.82, 2.24) is 4.98 Å². The Morgan fingerprint density at radius 2 is 2.13 bits per heavy atom. The molecular weight excluding hydrogens is 384 g/mol. The van der Waals surface area contributed by atoms with E-state index in [-0.39, 0.29) is 4.90 Å². The summed E-state index contributed by atoms with van der Waals surface area (Å²) in [6, 6.07) is 8.07. The second-order valence-corrected chi connectivity index (χ2v) is 7.45. The van der Waals surface area contributed by atoms with Crippen molar-refractivity contribution in [3.8, 4) is 11.6 Å². The highest BCUT2D eigenvalue weighted by atomic mass is 79.9. The molecule has 0 unspecified atom stereocenters. The van der Waals surface area contributed by atoms with Crippen LogP contribution >= 0.6 is 15.9 Å². The van der Waals surface area contributed by atoms with Gasteiger partial charge in [0.05, 0.1) is 24.3 Å². The molecule has 122 valence electrons. The fraction of sp³-hybridized carbons (Fsp3) is 0.267. The monoisotopic (exact) mass is 398 g/mol. The Morgan fingerprint density at radius 1 is 1.30 bits per heavy atom. The number of fused-ring (bicyclic) bond motifs is 1. The molecule has 0 atom stereocenters. The van der Waals surface area contributed by atoms with Gasteiger partial charge in [0.1, 0.15) is 10.4 Å². The zero-order valence-electron chi connectivity index (χ0n) is 12.4. The minimum absolute atomic E-state index is 0.199. The molecule has 0 aliphatic carbocycles. The lowest BCUT2D eigenvalue weighted by molar-refractivity contribution is 0.288. The van der Waals surface area contributed by atoms with E-state index in [1.165, 1.54) is 13.2 Å². The molecule has 8 heteroatoms. The summed E-state index contributed by atoms with van der Waals surface area (Å²) in [6.07, 6.45) is 1.70. The number of ether oxygens (including phenoxy) is 2. The molecule has 0 bridgehead atoms. The number of benzene rings is 1. The number of methoxy groups -OCH3 is 1. The molecule has 1 aliphatic rings. The first-order valence-corrected chi connectivity index (χ1v) is 9.26. The number of hydrogen-bond donors (Lipinski definition) is 1. The maximum absolute atomic E-state index is 12.6. The minimum Gasteiger partial charge on any atom is -0.493 e. The molecule has 1 aliphatic heterocycles. The summed E-state index contributed by atoms with van der Waals surface area (Å²) < 4.78 is 38.5. The van der Waals surface area contributed by atoms with Crippen LogP contribution in [-0.2, 0) is 16.4 Å². The number of nitrogens with one attached hydrogen (secondary N) is 1. The quantitative estimate of drug-likeness (QED) is 0.800. The van der Waals surface area contributed by atoms with Crippen molar-refractivity contribution in [3.05, 3.63) is 40.5 Å². The molecule has 0 saturated heterocycles. The minimum atomic E-state index is -3.71. The van der Waals surface area contributed by atoms with Gasteiger partial charge in [-0.15, -0.1) is 0 Å². The Bertz CT molecular complexity index is 839. The predicted octanol–water partition coefficient (Wildman–Crippen LogP) is 2.98. The maximum atomic E-state index is 12.6. The van der Waals surface area contributed by atoms with Crippen LogP contribution in [0.2, 0.25) is 0 Å². The summed E-state index contributed by atoms with van der Waals surface area (Å²) in [6.45, 7) is 0.668. The Kier molecular flexibility index (Phi) is 4.45. The van der Waals surface area contributed by atoms with Gasteiger partial charge >= 0.3 is 0 Å². The lowest BCUT2D eigenvalue weighted by Gasteiger charge is -2.18. The number of sulfonamides is 1. The number of nitrogens with zero attached hydrogens (tertiary/aromatic N) is 1. The third kappa shape index (κ3) is 3.42. The number of pyridine rings is 1. The van der Waals surface area contributed by atoms with Crippen molar-refractivity contribution in [2.75, 3.05) is 18.4 Å². The Hall–Kier alpha value is -1.80. The molecule has 1 N–H and O–H groups in total. The lowest BCUT2D eigenvalue weighted by Crippen LogP contribution is -2.15. The van der Waals surface area contributed by atoms with Crippen LogP contribution in [0.4, 0.5) is 5.69 Å². The van der Waals surface area contributed by atoms with Crippen molar-refractivity contribution in [2.45, 2.75) is 17.7 Å². The van der Waals surface area contributed by atoms with Gasteiger partial charge in [-0.1, -0.05) is 0 Å². The van der Waals surface area contributed by atoms with Gasteiger partial charge in [-0.3, -0.25) is 4.72 Å². The molecule has 0 fully saturated rings. The Labute approximate surface area is 143 Å². The van der Waals surface area contributed by atoms with E-state index >= 15 is 0 Å². The Balaban J connectivity index is 1.90. The molecule has 0 spiro atoms. The summed E-state index contributed by atoms with van der Waals surface area (Å²) in [5.41, 5.74) is 1.26. The first-order valence-electron chi connectivity index (χ1n) is 6.99. The highest BCUT2D eigenvalue weighted by Crippen LogP contribution is 2.29. The van der Waals surface area contributed by atoms with Crippen LogP contribution < -0.4 is 14.2 Å². The van der Waals surface area contributed by atoms with Crippen LogP contribution in [0.15, 0.2) is 39.8 Å². The fourth-order valence-corrected chi connectivity index (χ4v) is 3.97. The van der Waals surface area contributed by atoms with E-state index in [2.05, 4.69) is 25.6 Å². The topological polar surface area (TPSA) is 77.5 Å². The molecular formula is C15H15BrN2O4S. The van der Waals surface area contributed by atoms with E-state index < -0.39 is 10.0 Å². The van der Waals surface area contributed by atoms with E-state index in [4.69, 9.17) is 9.47 Å². The first-order chi connectivity index (χ1) is 11.0. The van der Waals surface area contributed by atoms with Crippen molar-refractivity contribution >= 4 is 31.6 Å². The average Bonchev–Trinajstić information content (AvgIpc) is 2.56. The molecule has 0 amide bonds. The molecule has 2 aromatic rings. The standard InChI is InChI=1S/C15H15BrN2O4S/c1-21-14-7-5-12(15(16)17-14)18-23(19,20)11-4-6-13-10(9-11)3-2-8-22-13/h4-7,9,18H,2-3,8H2,1H3. The van der Waals surface area contributed by atoms with Gasteiger partial charge < -0.3 is 9.47 Å². The van der Waals surface area contributed by atoms with Crippen molar-refractivity contribution in [3.63, 3.8) is 0 Å². The molecule has 3 rings (SSSR count). The van der Waals surface area contributed by atoms with E-state index in [9.17, 15) is 8.42 Å². The van der Waals surface area contributed by atoms with Gasteiger partial charge in [0, 0.05) is 6.07 Å². The number of aryl methyl sites for hydroxylation is 1. The van der Waals surface area contributed by atoms with Gasteiger partial charge in [-0.25, -0.2) is 13.4 Å². The molecule has 23 heavy (non-hydrogen) atoms. The van der Waals surface area contributed by atoms with Crippen molar-refractivity contribution < 1.29 is 17.9 Å².